The lowest BCUT2D eigenvalue weighted by molar-refractivity contribution is 0.0940. The number of fused-ring (bicyclic) bond motifs is 2. The SMILES string of the molecule is O=C1NCCc2c1nc(C1CC1)nc2N1CCc2nc(C3CC3)nn2CC1. The van der Waals surface area contributed by atoms with Gasteiger partial charge in [0.05, 0.1) is 6.54 Å². The third kappa shape index (κ3) is 2.69. The van der Waals surface area contributed by atoms with E-state index in [0.717, 1.165) is 74.2 Å². The topological polar surface area (TPSA) is 88.8 Å². The second-order valence-electron chi connectivity index (χ2n) is 8.13. The van der Waals surface area contributed by atoms with Gasteiger partial charge < -0.3 is 10.2 Å². The molecule has 1 N–H and O–H groups in total. The van der Waals surface area contributed by atoms with E-state index in [4.69, 9.17) is 15.1 Å². The number of anilines is 1. The number of hydrogen-bond acceptors (Lipinski definition) is 6. The van der Waals surface area contributed by atoms with Crippen molar-refractivity contribution in [2.45, 2.75) is 56.9 Å². The van der Waals surface area contributed by atoms with Gasteiger partial charge >= 0.3 is 0 Å². The Morgan fingerprint density at radius 2 is 1.70 bits per heavy atom. The van der Waals surface area contributed by atoms with Gasteiger partial charge in [-0.05, 0) is 32.1 Å². The van der Waals surface area contributed by atoms with Crippen LogP contribution in [0.4, 0.5) is 5.82 Å². The molecule has 4 heterocycles. The van der Waals surface area contributed by atoms with E-state index in [1.54, 1.807) is 0 Å². The standard InChI is InChI=1S/C19H23N7O/c27-19-15-13(5-7-20-19)18(23-16(22-15)11-1-2-11)25-8-6-14-21-17(12-3-4-12)24-26(14)10-9-25/h11-12H,1-10H2,(H,20,27). The van der Waals surface area contributed by atoms with E-state index in [0.29, 0.717) is 24.1 Å². The van der Waals surface area contributed by atoms with Crippen LogP contribution in [0.3, 0.4) is 0 Å². The molecule has 0 spiro atoms. The molecule has 4 aliphatic rings. The molecule has 0 radical (unpaired) electrons. The van der Waals surface area contributed by atoms with Gasteiger partial charge in [-0.1, -0.05) is 0 Å². The highest BCUT2D eigenvalue weighted by Gasteiger charge is 2.34. The lowest BCUT2D eigenvalue weighted by atomic mass is 10.1. The molecular formula is C19H23N7O. The maximum atomic E-state index is 12.4. The van der Waals surface area contributed by atoms with Crippen LogP contribution < -0.4 is 10.2 Å². The van der Waals surface area contributed by atoms with Crippen molar-refractivity contribution in [3.8, 4) is 0 Å². The Hall–Kier alpha value is -2.51. The fourth-order valence-electron chi connectivity index (χ4n) is 4.12. The lowest BCUT2D eigenvalue weighted by Gasteiger charge is -2.27. The van der Waals surface area contributed by atoms with Crippen molar-refractivity contribution < 1.29 is 4.79 Å². The molecule has 2 aliphatic carbocycles. The first-order chi connectivity index (χ1) is 13.3. The van der Waals surface area contributed by atoms with Crippen molar-refractivity contribution in [2.24, 2.45) is 0 Å². The molecule has 2 aliphatic heterocycles. The number of nitrogens with one attached hydrogen (secondary N) is 1. The minimum absolute atomic E-state index is 0.0553. The van der Waals surface area contributed by atoms with E-state index in [2.05, 4.69) is 19.9 Å². The molecule has 0 saturated heterocycles. The summed E-state index contributed by atoms with van der Waals surface area (Å²) in [6.45, 7) is 3.18. The molecule has 6 rings (SSSR count). The number of amides is 1. The van der Waals surface area contributed by atoms with Gasteiger partial charge in [0.15, 0.2) is 5.82 Å². The van der Waals surface area contributed by atoms with Gasteiger partial charge in [0.1, 0.15) is 23.2 Å². The summed E-state index contributed by atoms with van der Waals surface area (Å²) in [6.07, 6.45) is 6.38. The van der Waals surface area contributed by atoms with E-state index >= 15 is 0 Å². The van der Waals surface area contributed by atoms with Crippen molar-refractivity contribution in [2.75, 3.05) is 24.5 Å². The Morgan fingerprint density at radius 3 is 2.52 bits per heavy atom. The predicted molar refractivity (Wildman–Crippen MR) is 98.0 cm³/mol. The van der Waals surface area contributed by atoms with Gasteiger partial charge in [0.25, 0.3) is 5.91 Å². The van der Waals surface area contributed by atoms with E-state index in [1.165, 1.54) is 12.8 Å². The van der Waals surface area contributed by atoms with Gasteiger partial charge in [0, 0.05) is 43.5 Å². The second kappa shape index (κ2) is 5.74. The number of rotatable bonds is 3. The molecule has 0 unspecified atom stereocenters. The first-order valence-electron chi connectivity index (χ1n) is 10.1. The second-order valence-corrected chi connectivity index (χ2v) is 8.13. The molecule has 0 bridgehead atoms. The maximum Gasteiger partial charge on any atom is 0.270 e. The van der Waals surface area contributed by atoms with Gasteiger partial charge in [-0.2, -0.15) is 5.10 Å². The predicted octanol–water partition coefficient (Wildman–Crippen LogP) is 1.17. The van der Waals surface area contributed by atoms with Crippen LogP contribution in [-0.4, -0.2) is 50.3 Å². The summed E-state index contributed by atoms with van der Waals surface area (Å²) in [5.74, 6) is 4.89. The Morgan fingerprint density at radius 1 is 0.889 bits per heavy atom. The van der Waals surface area contributed by atoms with Gasteiger partial charge in [-0.25, -0.2) is 19.6 Å². The van der Waals surface area contributed by atoms with E-state index in [1.807, 2.05) is 0 Å². The molecule has 2 aromatic rings. The molecule has 8 heteroatoms. The molecule has 140 valence electrons. The van der Waals surface area contributed by atoms with Crippen molar-refractivity contribution in [1.29, 1.82) is 0 Å². The zero-order valence-electron chi connectivity index (χ0n) is 15.3. The minimum atomic E-state index is -0.0553. The highest BCUT2D eigenvalue weighted by Crippen LogP contribution is 2.40. The third-order valence-corrected chi connectivity index (χ3v) is 6.01. The van der Waals surface area contributed by atoms with Crippen molar-refractivity contribution >= 4 is 11.7 Å². The Bertz CT molecular complexity index is 903. The minimum Gasteiger partial charge on any atom is -0.354 e. The number of hydrogen-bond donors (Lipinski definition) is 1. The van der Waals surface area contributed by atoms with Crippen LogP contribution in [0, 0.1) is 0 Å². The zero-order chi connectivity index (χ0) is 18.0. The number of carbonyl (C=O) groups excluding carboxylic acids is 1. The largest absolute Gasteiger partial charge is 0.354 e. The first kappa shape index (κ1) is 15.5. The highest BCUT2D eigenvalue weighted by molar-refractivity contribution is 5.96. The number of aromatic nitrogens is 5. The summed E-state index contributed by atoms with van der Waals surface area (Å²) < 4.78 is 2.08. The van der Waals surface area contributed by atoms with Crippen LogP contribution in [0.1, 0.15) is 71.0 Å². The monoisotopic (exact) mass is 365 g/mol. The quantitative estimate of drug-likeness (QED) is 0.878. The van der Waals surface area contributed by atoms with Crippen molar-refractivity contribution in [1.82, 2.24) is 30.0 Å². The van der Waals surface area contributed by atoms with E-state index in [9.17, 15) is 4.79 Å². The van der Waals surface area contributed by atoms with Crippen molar-refractivity contribution in [3.63, 3.8) is 0 Å². The van der Waals surface area contributed by atoms with Crippen LogP contribution in [0.15, 0.2) is 0 Å². The van der Waals surface area contributed by atoms with Crippen LogP contribution in [0.2, 0.25) is 0 Å². The Labute approximate surface area is 157 Å². The normalized spacial score (nSPS) is 22.1. The number of nitrogens with zero attached hydrogens (tertiary/aromatic N) is 6. The summed E-state index contributed by atoms with van der Waals surface area (Å²) in [5, 5.41) is 7.67. The third-order valence-electron chi connectivity index (χ3n) is 6.01. The molecule has 27 heavy (non-hydrogen) atoms. The molecule has 2 aromatic heterocycles. The summed E-state index contributed by atoms with van der Waals surface area (Å²) in [7, 11) is 0. The lowest BCUT2D eigenvalue weighted by Crippen LogP contribution is -2.37. The van der Waals surface area contributed by atoms with Crippen LogP contribution >= 0.6 is 0 Å². The van der Waals surface area contributed by atoms with Crippen LogP contribution in [0.25, 0.3) is 0 Å². The molecule has 2 fully saturated rings. The zero-order valence-corrected chi connectivity index (χ0v) is 15.3. The first-order valence-corrected chi connectivity index (χ1v) is 10.1. The molecular weight excluding hydrogens is 342 g/mol. The summed E-state index contributed by atoms with van der Waals surface area (Å²) in [4.78, 5) is 29.0. The van der Waals surface area contributed by atoms with Gasteiger partial charge in [-0.15, -0.1) is 0 Å². The van der Waals surface area contributed by atoms with E-state index in [-0.39, 0.29) is 5.91 Å². The molecule has 2 saturated carbocycles. The fourth-order valence-corrected chi connectivity index (χ4v) is 4.12. The van der Waals surface area contributed by atoms with Gasteiger partial charge in [0.2, 0.25) is 0 Å². The maximum absolute atomic E-state index is 12.4. The Kier molecular flexibility index (Phi) is 3.30. The van der Waals surface area contributed by atoms with Crippen LogP contribution in [-0.2, 0) is 19.4 Å². The molecule has 8 nitrogen and oxygen atoms in total. The smallest absolute Gasteiger partial charge is 0.270 e. The molecule has 0 aromatic carbocycles. The van der Waals surface area contributed by atoms with Crippen molar-refractivity contribution in [3.05, 3.63) is 28.7 Å². The summed E-state index contributed by atoms with van der Waals surface area (Å²) in [5.41, 5.74) is 1.60. The summed E-state index contributed by atoms with van der Waals surface area (Å²) in [6, 6.07) is 0. The highest BCUT2D eigenvalue weighted by atomic mass is 16.1. The van der Waals surface area contributed by atoms with E-state index < -0.39 is 0 Å². The molecule has 1 amide bonds. The average Bonchev–Trinajstić information content (AvgIpc) is 3.58. The average molecular weight is 365 g/mol. The molecule has 0 atom stereocenters. The fraction of sp³-hybridized carbons (Fsp3) is 0.632. The summed E-state index contributed by atoms with van der Waals surface area (Å²) >= 11 is 0. The van der Waals surface area contributed by atoms with Crippen LogP contribution in [0.5, 0.6) is 0 Å². The number of carbonyl (C=O) groups is 1. The van der Waals surface area contributed by atoms with Gasteiger partial charge in [-0.3, -0.25) is 4.79 Å². The Balaban J connectivity index is 1.33.